The quantitative estimate of drug-likeness (QED) is 0.301. The minimum absolute atomic E-state index is 0.0593. The second-order valence-corrected chi connectivity index (χ2v) is 10.5. The molecule has 8 heteroatoms. The van der Waals surface area contributed by atoms with E-state index in [0.29, 0.717) is 13.1 Å². The summed E-state index contributed by atoms with van der Waals surface area (Å²) in [6.07, 6.45) is 2.45. The predicted molar refractivity (Wildman–Crippen MR) is 145 cm³/mol. The normalized spacial score (nSPS) is 14.4. The largest absolute Gasteiger partial charge is 0.416 e. The number of carbonyl (C=O) groups excluding carboxylic acids is 2. The third-order valence-electron chi connectivity index (χ3n) is 7.41. The molecule has 1 aromatic heterocycles. The van der Waals surface area contributed by atoms with E-state index in [1.54, 1.807) is 13.8 Å². The van der Waals surface area contributed by atoms with Gasteiger partial charge in [-0.1, -0.05) is 55.7 Å². The van der Waals surface area contributed by atoms with Crippen LogP contribution < -0.4 is 0 Å². The summed E-state index contributed by atoms with van der Waals surface area (Å²) in [6, 6.07) is 18.2. The van der Waals surface area contributed by atoms with Gasteiger partial charge in [0.1, 0.15) is 6.54 Å². The van der Waals surface area contributed by atoms with E-state index in [0.717, 1.165) is 55.5 Å². The molecule has 0 saturated heterocycles. The van der Waals surface area contributed by atoms with Crippen molar-refractivity contribution in [3.8, 4) is 0 Å². The van der Waals surface area contributed by atoms with Gasteiger partial charge < -0.3 is 14.4 Å². The molecule has 2 aromatic carbocycles. The van der Waals surface area contributed by atoms with E-state index in [-0.39, 0.29) is 30.1 Å². The zero-order valence-corrected chi connectivity index (χ0v) is 22.5. The summed E-state index contributed by atoms with van der Waals surface area (Å²) in [5.41, 5.74) is 1.19. The van der Waals surface area contributed by atoms with Crippen molar-refractivity contribution in [3.05, 3.63) is 95.3 Å². The highest BCUT2D eigenvalue weighted by Crippen LogP contribution is 2.30. The number of aromatic nitrogens is 1. The van der Waals surface area contributed by atoms with E-state index >= 15 is 0 Å². The highest BCUT2D eigenvalue weighted by atomic mass is 19.4. The smallest absolute Gasteiger partial charge is 0.345 e. The van der Waals surface area contributed by atoms with Crippen molar-refractivity contribution in [1.29, 1.82) is 0 Å². The van der Waals surface area contributed by atoms with Gasteiger partial charge in [0.15, 0.2) is 0 Å². The molecule has 4 rings (SSSR count). The first-order valence-corrected chi connectivity index (χ1v) is 13.6. The molecule has 1 aliphatic carbocycles. The second-order valence-electron chi connectivity index (χ2n) is 10.5. The zero-order valence-electron chi connectivity index (χ0n) is 22.5. The maximum absolute atomic E-state index is 13.9. The number of nitrogens with zero attached hydrogens (tertiary/aromatic N) is 3. The van der Waals surface area contributed by atoms with Crippen molar-refractivity contribution in [2.45, 2.75) is 77.3 Å². The minimum atomic E-state index is -4.55. The Kier molecular flexibility index (Phi) is 9.15. The van der Waals surface area contributed by atoms with E-state index in [9.17, 15) is 22.8 Å². The Morgan fingerprint density at radius 3 is 2.33 bits per heavy atom. The van der Waals surface area contributed by atoms with Gasteiger partial charge in [0, 0.05) is 36.1 Å². The van der Waals surface area contributed by atoms with Gasteiger partial charge in [0.05, 0.1) is 12.1 Å². The number of amides is 2. The Labute approximate surface area is 228 Å². The molecule has 0 bridgehead atoms. The maximum Gasteiger partial charge on any atom is 0.416 e. The molecule has 0 radical (unpaired) electrons. The first kappa shape index (κ1) is 28.5. The van der Waals surface area contributed by atoms with Crippen LogP contribution >= 0.6 is 0 Å². The molecule has 0 N–H and O–H groups in total. The summed E-state index contributed by atoms with van der Waals surface area (Å²) < 4.78 is 42.0. The van der Waals surface area contributed by atoms with Crippen molar-refractivity contribution < 1.29 is 22.8 Å². The Balaban J connectivity index is 1.56. The summed E-state index contributed by atoms with van der Waals surface area (Å²) in [4.78, 5) is 30.5. The lowest BCUT2D eigenvalue weighted by molar-refractivity contribution is -0.138. The molecule has 0 unspecified atom stereocenters. The fourth-order valence-corrected chi connectivity index (χ4v) is 5.24. The molecule has 1 fully saturated rings. The molecule has 0 atom stereocenters. The van der Waals surface area contributed by atoms with Crippen molar-refractivity contribution in [2.24, 2.45) is 0 Å². The summed E-state index contributed by atoms with van der Waals surface area (Å²) in [7, 11) is 0. The van der Waals surface area contributed by atoms with Crippen LogP contribution in [0.1, 0.15) is 73.1 Å². The minimum Gasteiger partial charge on any atom is -0.345 e. The summed E-state index contributed by atoms with van der Waals surface area (Å²) in [5, 5.41) is 0. The molecule has 3 aromatic rings. The van der Waals surface area contributed by atoms with E-state index in [1.807, 2.05) is 41.4 Å². The molecule has 2 amide bonds. The molecule has 1 saturated carbocycles. The van der Waals surface area contributed by atoms with Crippen molar-refractivity contribution in [2.75, 3.05) is 6.54 Å². The first-order valence-electron chi connectivity index (χ1n) is 13.6. The Morgan fingerprint density at radius 2 is 1.67 bits per heavy atom. The van der Waals surface area contributed by atoms with Gasteiger partial charge in [-0.3, -0.25) is 9.59 Å². The Bertz CT molecular complexity index is 1250. The Hall–Kier alpha value is -3.55. The van der Waals surface area contributed by atoms with Crippen LogP contribution in [0.2, 0.25) is 0 Å². The maximum atomic E-state index is 13.9. The zero-order chi connectivity index (χ0) is 28.0. The second kappa shape index (κ2) is 12.5. The Morgan fingerprint density at radius 1 is 0.949 bits per heavy atom. The number of alkyl halides is 3. The topological polar surface area (TPSA) is 45.6 Å². The number of halogens is 3. The number of hydrogen-bond donors (Lipinski definition) is 0. The third kappa shape index (κ3) is 7.31. The lowest BCUT2D eigenvalue weighted by Crippen LogP contribution is -2.49. The lowest BCUT2D eigenvalue weighted by Gasteiger charge is -2.37. The highest BCUT2D eigenvalue weighted by molar-refractivity contribution is 5.97. The van der Waals surface area contributed by atoms with Crippen molar-refractivity contribution >= 4 is 11.8 Å². The number of rotatable bonds is 9. The molecule has 0 aliphatic heterocycles. The fraction of sp³-hybridized carbons (Fsp3) is 0.419. The van der Waals surface area contributed by atoms with E-state index in [2.05, 4.69) is 16.7 Å². The highest BCUT2D eigenvalue weighted by Gasteiger charge is 2.33. The van der Waals surface area contributed by atoms with Gasteiger partial charge in [-0.15, -0.1) is 0 Å². The standard InChI is InChI=1S/C31H36F3N3O2/c1-23(2)36(30(39)25-13-9-14-26(19-25)31(32,33)34)22-29(38)37(27-15-7-4-8-16-27)21-28-17-10-18-35(28)20-24-11-5-3-6-12-24/h3,5-6,9-14,17-19,23,27H,4,7-8,15-16,20-22H2,1-2H3. The average molecular weight is 540 g/mol. The molecule has 5 nitrogen and oxygen atoms in total. The molecular weight excluding hydrogens is 503 g/mol. The van der Waals surface area contributed by atoms with Crippen LogP contribution in [0.25, 0.3) is 0 Å². The summed E-state index contributed by atoms with van der Waals surface area (Å²) >= 11 is 0. The molecule has 39 heavy (non-hydrogen) atoms. The number of hydrogen-bond acceptors (Lipinski definition) is 2. The van der Waals surface area contributed by atoms with Crippen LogP contribution in [-0.4, -0.2) is 44.8 Å². The fourth-order valence-electron chi connectivity index (χ4n) is 5.24. The van der Waals surface area contributed by atoms with Crippen LogP contribution in [-0.2, 0) is 24.1 Å². The average Bonchev–Trinajstić information content (AvgIpc) is 3.36. The van der Waals surface area contributed by atoms with Gasteiger partial charge >= 0.3 is 6.18 Å². The van der Waals surface area contributed by atoms with E-state index in [4.69, 9.17) is 0 Å². The van der Waals surface area contributed by atoms with Gasteiger partial charge in [-0.05, 0) is 62.6 Å². The van der Waals surface area contributed by atoms with Crippen LogP contribution in [0, 0.1) is 0 Å². The first-order chi connectivity index (χ1) is 18.6. The monoisotopic (exact) mass is 539 g/mol. The van der Waals surface area contributed by atoms with Crippen LogP contribution in [0.3, 0.4) is 0 Å². The van der Waals surface area contributed by atoms with Gasteiger partial charge in [-0.25, -0.2) is 0 Å². The van der Waals surface area contributed by atoms with E-state index < -0.39 is 17.6 Å². The lowest BCUT2D eigenvalue weighted by atomic mass is 9.94. The molecule has 0 spiro atoms. The van der Waals surface area contributed by atoms with Crippen molar-refractivity contribution in [1.82, 2.24) is 14.4 Å². The third-order valence-corrected chi connectivity index (χ3v) is 7.41. The van der Waals surface area contributed by atoms with E-state index in [1.165, 1.54) is 17.0 Å². The summed E-state index contributed by atoms with van der Waals surface area (Å²) in [6.45, 7) is 4.45. The molecular formula is C31H36F3N3O2. The van der Waals surface area contributed by atoms with Crippen molar-refractivity contribution in [3.63, 3.8) is 0 Å². The van der Waals surface area contributed by atoms with Gasteiger partial charge in [-0.2, -0.15) is 13.2 Å². The van der Waals surface area contributed by atoms with Crippen LogP contribution in [0.15, 0.2) is 72.9 Å². The van der Waals surface area contributed by atoms with Crippen LogP contribution in [0.5, 0.6) is 0 Å². The van der Waals surface area contributed by atoms with Crippen LogP contribution in [0.4, 0.5) is 13.2 Å². The molecule has 1 heterocycles. The number of carbonyl (C=O) groups is 2. The SMILES string of the molecule is CC(C)N(CC(=O)N(Cc1cccn1Cc1ccccc1)C1CCCCC1)C(=O)c1cccc(C(F)(F)F)c1. The summed E-state index contributed by atoms with van der Waals surface area (Å²) in [5.74, 6) is -0.774. The van der Waals surface area contributed by atoms with Gasteiger partial charge in [0.25, 0.3) is 5.91 Å². The molecule has 208 valence electrons. The van der Waals surface area contributed by atoms with Gasteiger partial charge in [0.2, 0.25) is 5.91 Å². The number of benzene rings is 2. The predicted octanol–water partition coefficient (Wildman–Crippen LogP) is 6.77. The molecule has 1 aliphatic rings.